The predicted molar refractivity (Wildman–Crippen MR) is 123 cm³/mol. The molecule has 0 bridgehead atoms. The van der Waals surface area contributed by atoms with Crippen molar-refractivity contribution in [3.05, 3.63) is 76.9 Å². The molecule has 3 aromatic carbocycles. The van der Waals surface area contributed by atoms with Crippen LogP contribution in [-0.4, -0.2) is 44.3 Å². The lowest BCUT2D eigenvalue weighted by Crippen LogP contribution is -2.30. The lowest BCUT2D eigenvalue weighted by atomic mass is 9.85. The molecule has 0 heterocycles. The highest BCUT2D eigenvalue weighted by Gasteiger charge is 2.30. The van der Waals surface area contributed by atoms with Gasteiger partial charge in [0.25, 0.3) is 0 Å². The lowest BCUT2D eigenvalue weighted by molar-refractivity contribution is 0.0989. The minimum atomic E-state index is -0.711. The number of phenolic OH excluding ortho intramolecular Hbond substituents is 1. The molecule has 0 fully saturated rings. The second kappa shape index (κ2) is 10.3. The average molecular weight is 439 g/mol. The standard InChI is InChI=1S/C26H30O6/c1-16-6-9-20(28)19(12-16)26(18-8-11-21(29-3)24(14-18)31-5)25(15-27)32-22-10-7-17(2)13-23(22)30-4/h6-14,25-28H,15H2,1-5H3. The summed E-state index contributed by atoms with van der Waals surface area (Å²) in [5.74, 6) is 1.84. The minimum Gasteiger partial charge on any atom is -0.508 e. The zero-order valence-electron chi connectivity index (χ0n) is 19.1. The number of aryl methyl sites for hydroxylation is 2. The van der Waals surface area contributed by atoms with Gasteiger partial charge in [-0.05, 0) is 55.3 Å². The van der Waals surface area contributed by atoms with Crippen molar-refractivity contribution in [2.75, 3.05) is 27.9 Å². The van der Waals surface area contributed by atoms with Crippen LogP contribution >= 0.6 is 0 Å². The first-order valence-corrected chi connectivity index (χ1v) is 10.3. The maximum Gasteiger partial charge on any atom is 0.161 e. The van der Waals surface area contributed by atoms with Gasteiger partial charge in [-0.15, -0.1) is 0 Å². The summed E-state index contributed by atoms with van der Waals surface area (Å²) in [6, 6.07) is 16.5. The molecule has 170 valence electrons. The van der Waals surface area contributed by atoms with Gasteiger partial charge in [0.15, 0.2) is 23.0 Å². The lowest BCUT2D eigenvalue weighted by Gasteiger charge is -2.29. The Kier molecular flexibility index (Phi) is 7.49. The van der Waals surface area contributed by atoms with Crippen molar-refractivity contribution in [1.29, 1.82) is 0 Å². The number of phenols is 1. The summed E-state index contributed by atoms with van der Waals surface area (Å²) in [6.45, 7) is 3.63. The summed E-state index contributed by atoms with van der Waals surface area (Å²) in [5.41, 5.74) is 3.45. The van der Waals surface area contributed by atoms with Gasteiger partial charge in [-0.25, -0.2) is 0 Å². The first kappa shape index (κ1) is 23.3. The van der Waals surface area contributed by atoms with E-state index in [0.29, 0.717) is 28.6 Å². The monoisotopic (exact) mass is 438 g/mol. The highest BCUT2D eigenvalue weighted by atomic mass is 16.5. The van der Waals surface area contributed by atoms with Crippen LogP contribution in [0.5, 0.6) is 28.7 Å². The van der Waals surface area contributed by atoms with Gasteiger partial charge in [0, 0.05) is 5.56 Å². The van der Waals surface area contributed by atoms with Gasteiger partial charge in [0.05, 0.1) is 33.9 Å². The number of hydrogen-bond acceptors (Lipinski definition) is 6. The summed E-state index contributed by atoms with van der Waals surface area (Å²) in [7, 11) is 4.72. The highest BCUT2D eigenvalue weighted by molar-refractivity contribution is 5.50. The normalized spacial score (nSPS) is 12.7. The van der Waals surface area contributed by atoms with Crippen molar-refractivity contribution < 1.29 is 29.2 Å². The third-order valence-corrected chi connectivity index (χ3v) is 5.43. The molecule has 0 radical (unpaired) electrons. The van der Waals surface area contributed by atoms with Gasteiger partial charge >= 0.3 is 0 Å². The fourth-order valence-corrected chi connectivity index (χ4v) is 3.81. The summed E-state index contributed by atoms with van der Waals surface area (Å²) >= 11 is 0. The zero-order chi connectivity index (χ0) is 23.3. The fourth-order valence-electron chi connectivity index (χ4n) is 3.81. The van der Waals surface area contributed by atoms with Crippen LogP contribution in [0.3, 0.4) is 0 Å². The van der Waals surface area contributed by atoms with Crippen LogP contribution in [0.1, 0.15) is 28.2 Å². The Labute approximate surface area is 189 Å². The summed E-state index contributed by atoms with van der Waals surface area (Å²) in [5, 5.41) is 21.1. The van der Waals surface area contributed by atoms with Crippen molar-refractivity contribution in [3.8, 4) is 28.7 Å². The van der Waals surface area contributed by atoms with Crippen LogP contribution in [0, 0.1) is 13.8 Å². The second-order valence-electron chi connectivity index (χ2n) is 7.65. The SMILES string of the molecule is COc1ccc(C(c2cc(C)ccc2O)C(CO)Oc2ccc(C)cc2OC)cc1OC. The van der Waals surface area contributed by atoms with E-state index in [1.54, 1.807) is 33.5 Å². The summed E-state index contributed by atoms with van der Waals surface area (Å²) < 4.78 is 22.6. The molecule has 2 unspecified atom stereocenters. The number of methoxy groups -OCH3 is 3. The van der Waals surface area contributed by atoms with Crippen LogP contribution in [0.4, 0.5) is 0 Å². The van der Waals surface area contributed by atoms with Crippen LogP contribution < -0.4 is 18.9 Å². The highest BCUT2D eigenvalue weighted by Crippen LogP contribution is 2.40. The third-order valence-electron chi connectivity index (χ3n) is 5.43. The fraction of sp³-hybridized carbons (Fsp3) is 0.308. The van der Waals surface area contributed by atoms with Crippen LogP contribution in [0.25, 0.3) is 0 Å². The molecule has 0 aliphatic rings. The number of rotatable bonds is 9. The van der Waals surface area contributed by atoms with E-state index in [9.17, 15) is 10.2 Å². The molecule has 2 N–H and O–H groups in total. The van der Waals surface area contributed by atoms with Crippen molar-refractivity contribution in [1.82, 2.24) is 0 Å². The van der Waals surface area contributed by atoms with Crippen molar-refractivity contribution in [2.45, 2.75) is 25.9 Å². The minimum absolute atomic E-state index is 0.119. The largest absolute Gasteiger partial charge is 0.508 e. The smallest absolute Gasteiger partial charge is 0.161 e. The molecule has 0 amide bonds. The van der Waals surface area contributed by atoms with Gasteiger partial charge in [-0.3, -0.25) is 0 Å². The molecule has 0 saturated carbocycles. The molecular weight excluding hydrogens is 408 g/mol. The molecule has 2 atom stereocenters. The first-order valence-electron chi connectivity index (χ1n) is 10.3. The number of aromatic hydroxyl groups is 1. The van der Waals surface area contributed by atoms with Crippen LogP contribution in [-0.2, 0) is 0 Å². The van der Waals surface area contributed by atoms with E-state index in [1.807, 2.05) is 56.3 Å². The van der Waals surface area contributed by atoms with Crippen molar-refractivity contribution in [2.24, 2.45) is 0 Å². The molecule has 0 aromatic heterocycles. The quantitative estimate of drug-likeness (QED) is 0.508. The Morgan fingerprint density at radius 2 is 1.31 bits per heavy atom. The van der Waals surface area contributed by atoms with Crippen molar-refractivity contribution >= 4 is 0 Å². The molecule has 0 aliphatic heterocycles. The molecule has 0 spiro atoms. The molecule has 0 aliphatic carbocycles. The van der Waals surface area contributed by atoms with Gasteiger partial charge in [0.2, 0.25) is 0 Å². The number of aliphatic hydroxyl groups is 1. The van der Waals surface area contributed by atoms with Crippen molar-refractivity contribution in [3.63, 3.8) is 0 Å². The summed E-state index contributed by atoms with van der Waals surface area (Å²) in [4.78, 5) is 0. The van der Waals surface area contributed by atoms with E-state index in [1.165, 1.54) is 0 Å². The zero-order valence-corrected chi connectivity index (χ0v) is 19.1. The van der Waals surface area contributed by atoms with E-state index in [2.05, 4.69) is 0 Å². The predicted octanol–water partition coefficient (Wildman–Crippen LogP) is 4.61. The topological polar surface area (TPSA) is 77.4 Å². The Morgan fingerprint density at radius 3 is 1.97 bits per heavy atom. The molecule has 32 heavy (non-hydrogen) atoms. The molecule has 6 nitrogen and oxygen atoms in total. The van der Waals surface area contributed by atoms with Gasteiger partial charge in [-0.1, -0.05) is 29.8 Å². The number of benzene rings is 3. The molecule has 0 saturated heterocycles. The molecule has 3 aromatic rings. The first-order chi connectivity index (χ1) is 15.4. The third kappa shape index (κ3) is 4.92. The van der Waals surface area contributed by atoms with E-state index in [0.717, 1.165) is 16.7 Å². The Hall–Kier alpha value is -3.38. The molecular formula is C26H30O6. The number of ether oxygens (including phenoxy) is 4. The average Bonchev–Trinajstić information content (AvgIpc) is 2.81. The van der Waals surface area contributed by atoms with Crippen LogP contribution in [0.15, 0.2) is 54.6 Å². The van der Waals surface area contributed by atoms with Gasteiger partial charge in [-0.2, -0.15) is 0 Å². The van der Waals surface area contributed by atoms with E-state index in [4.69, 9.17) is 18.9 Å². The Balaban J connectivity index is 2.14. The maximum absolute atomic E-state index is 10.7. The van der Waals surface area contributed by atoms with E-state index in [-0.39, 0.29) is 12.4 Å². The maximum atomic E-state index is 10.7. The second-order valence-corrected chi connectivity index (χ2v) is 7.65. The summed E-state index contributed by atoms with van der Waals surface area (Å²) in [6.07, 6.45) is -0.711. The Morgan fingerprint density at radius 1 is 0.719 bits per heavy atom. The number of hydrogen-bond donors (Lipinski definition) is 2. The molecule has 3 rings (SSSR count). The Bertz CT molecular complexity index is 1060. The number of aliphatic hydroxyl groups excluding tert-OH is 1. The van der Waals surface area contributed by atoms with E-state index < -0.39 is 12.0 Å². The van der Waals surface area contributed by atoms with Gasteiger partial charge < -0.3 is 29.2 Å². The van der Waals surface area contributed by atoms with Crippen LogP contribution in [0.2, 0.25) is 0 Å². The molecule has 6 heteroatoms. The van der Waals surface area contributed by atoms with E-state index >= 15 is 0 Å². The van der Waals surface area contributed by atoms with Gasteiger partial charge in [0.1, 0.15) is 11.9 Å².